The minimum absolute atomic E-state index is 0.337. The summed E-state index contributed by atoms with van der Waals surface area (Å²) < 4.78 is 4.07. The molecule has 1 atom stereocenters. The number of amides is 3. The average Bonchev–Trinajstić information content (AvgIpc) is 2.96. The third-order valence-electron chi connectivity index (χ3n) is 3.65. The standard InChI is InChI=1S/C14H17Cl2N3O3/c1-8-4-5-10(22-3)9(6-8)17-12(21)19-18-11(20)13(2)7-14(13,15)16/h4-6H,7H2,1-3H3,(H,18,20)(H2,17,19,21). The number of ether oxygens (including phenoxy) is 1. The number of anilines is 1. The van der Waals surface area contributed by atoms with E-state index in [0.29, 0.717) is 17.9 Å². The van der Waals surface area contributed by atoms with Crippen LogP contribution in [0, 0.1) is 12.3 Å². The summed E-state index contributed by atoms with van der Waals surface area (Å²) >= 11 is 11.8. The second-order valence-electron chi connectivity index (χ2n) is 5.45. The van der Waals surface area contributed by atoms with Crippen LogP contribution in [0.4, 0.5) is 10.5 Å². The SMILES string of the molecule is COc1ccc(C)cc1NC(=O)NNC(=O)C1(C)CC1(Cl)Cl. The number of benzene rings is 1. The van der Waals surface area contributed by atoms with E-state index in [0.717, 1.165) is 5.56 Å². The third kappa shape index (κ3) is 3.23. The molecule has 0 heterocycles. The summed E-state index contributed by atoms with van der Waals surface area (Å²) in [5.41, 5.74) is 5.12. The van der Waals surface area contributed by atoms with Gasteiger partial charge >= 0.3 is 6.03 Å². The number of carbonyl (C=O) groups excluding carboxylic acids is 2. The zero-order valence-electron chi connectivity index (χ0n) is 12.4. The van der Waals surface area contributed by atoms with Crippen molar-refractivity contribution in [3.05, 3.63) is 23.8 Å². The highest BCUT2D eigenvalue weighted by Gasteiger charge is 2.68. The molecule has 22 heavy (non-hydrogen) atoms. The predicted molar refractivity (Wildman–Crippen MR) is 85.2 cm³/mol. The highest BCUT2D eigenvalue weighted by molar-refractivity contribution is 6.53. The molecule has 3 N–H and O–H groups in total. The van der Waals surface area contributed by atoms with Gasteiger partial charge in [0.15, 0.2) is 0 Å². The van der Waals surface area contributed by atoms with Crippen LogP contribution in [0.15, 0.2) is 18.2 Å². The Morgan fingerprint density at radius 1 is 1.27 bits per heavy atom. The molecule has 1 aliphatic carbocycles. The van der Waals surface area contributed by atoms with Crippen molar-refractivity contribution in [1.29, 1.82) is 0 Å². The lowest BCUT2D eigenvalue weighted by Gasteiger charge is -2.15. The fourth-order valence-corrected chi connectivity index (χ4v) is 2.68. The fourth-order valence-electron chi connectivity index (χ4n) is 1.97. The van der Waals surface area contributed by atoms with Crippen LogP contribution in [0.5, 0.6) is 5.75 Å². The molecule has 1 saturated carbocycles. The second kappa shape index (κ2) is 5.85. The summed E-state index contributed by atoms with van der Waals surface area (Å²) in [5, 5.41) is 2.59. The molecular formula is C14H17Cl2N3O3. The number of hydrogen-bond donors (Lipinski definition) is 3. The van der Waals surface area contributed by atoms with Gasteiger partial charge in [-0.3, -0.25) is 10.2 Å². The number of aryl methyl sites for hydroxylation is 1. The van der Waals surface area contributed by atoms with Gasteiger partial charge in [-0.05, 0) is 38.0 Å². The molecule has 1 fully saturated rings. The highest BCUT2D eigenvalue weighted by Crippen LogP contribution is 2.63. The zero-order chi connectivity index (χ0) is 16.5. The molecule has 8 heteroatoms. The van der Waals surface area contributed by atoms with Gasteiger partial charge in [0.05, 0.1) is 18.2 Å². The number of hydrogen-bond acceptors (Lipinski definition) is 3. The Balaban J connectivity index is 1.92. The smallest absolute Gasteiger partial charge is 0.338 e. The maximum absolute atomic E-state index is 11.9. The van der Waals surface area contributed by atoms with Gasteiger partial charge in [-0.15, -0.1) is 23.2 Å². The van der Waals surface area contributed by atoms with Crippen LogP contribution in [0.25, 0.3) is 0 Å². The van der Waals surface area contributed by atoms with Crippen molar-refractivity contribution in [1.82, 2.24) is 10.9 Å². The summed E-state index contributed by atoms with van der Waals surface area (Å²) in [5.74, 6) is 0.0746. The van der Waals surface area contributed by atoms with Crippen LogP contribution in [0.3, 0.4) is 0 Å². The molecule has 1 aromatic carbocycles. The van der Waals surface area contributed by atoms with E-state index in [1.165, 1.54) is 7.11 Å². The second-order valence-corrected chi connectivity index (χ2v) is 6.93. The van der Waals surface area contributed by atoms with Crippen molar-refractivity contribution < 1.29 is 14.3 Å². The van der Waals surface area contributed by atoms with Crippen LogP contribution in [0.1, 0.15) is 18.9 Å². The van der Waals surface area contributed by atoms with E-state index in [1.807, 2.05) is 13.0 Å². The lowest BCUT2D eigenvalue weighted by atomic mass is 10.1. The molecule has 0 aromatic heterocycles. The Bertz CT molecular complexity index is 621. The van der Waals surface area contributed by atoms with Gasteiger partial charge in [0.1, 0.15) is 10.1 Å². The van der Waals surface area contributed by atoms with E-state index in [2.05, 4.69) is 16.2 Å². The number of methoxy groups -OCH3 is 1. The monoisotopic (exact) mass is 345 g/mol. The first-order valence-electron chi connectivity index (χ1n) is 6.59. The number of hydrazine groups is 1. The van der Waals surface area contributed by atoms with Crippen LogP contribution >= 0.6 is 23.2 Å². The Morgan fingerprint density at radius 3 is 2.45 bits per heavy atom. The Labute approximate surface area is 138 Å². The maximum atomic E-state index is 11.9. The molecule has 0 saturated heterocycles. The number of rotatable bonds is 3. The fraction of sp³-hybridized carbons (Fsp3) is 0.429. The van der Waals surface area contributed by atoms with E-state index in [-0.39, 0.29) is 0 Å². The molecular weight excluding hydrogens is 329 g/mol. The van der Waals surface area contributed by atoms with E-state index in [1.54, 1.807) is 19.1 Å². The number of nitrogens with one attached hydrogen (secondary N) is 3. The van der Waals surface area contributed by atoms with E-state index >= 15 is 0 Å². The molecule has 2 rings (SSSR count). The predicted octanol–water partition coefficient (Wildman–Crippen LogP) is 2.74. The number of alkyl halides is 2. The molecule has 6 nitrogen and oxygen atoms in total. The third-order valence-corrected chi connectivity index (χ3v) is 4.75. The molecule has 120 valence electrons. The van der Waals surface area contributed by atoms with Gasteiger partial charge in [0.2, 0.25) is 5.91 Å². The van der Waals surface area contributed by atoms with Crippen LogP contribution in [-0.4, -0.2) is 23.4 Å². The first-order chi connectivity index (χ1) is 10.2. The quantitative estimate of drug-likeness (QED) is 0.582. The average molecular weight is 346 g/mol. The molecule has 1 unspecified atom stereocenters. The van der Waals surface area contributed by atoms with Gasteiger partial charge in [-0.2, -0.15) is 0 Å². The number of halogens is 2. The van der Waals surface area contributed by atoms with Crippen molar-refractivity contribution in [2.45, 2.75) is 24.6 Å². The molecule has 0 radical (unpaired) electrons. The number of carbonyl (C=O) groups is 2. The van der Waals surface area contributed by atoms with Gasteiger partial charge in [-0.1, -0.05) is 6.07 Å². The molecule has 0 spiro atoms. The molecule has 3 amide bonds. The van der Waals surface area contributed by atoms with Gasteiger partial charge in [0.25, 0.3) is 0 Å². The molecule has 0 aliphatic heterocycles. The first-order valence-corrected chi connectivity index (χ1v) is 7.35. The lowest BCUT2D eigenvalue weighted by Crippen LogP contribution is -2.47. The van der Waals surface area contributed by atoms with Crippen LogP contribution < -0.4 is 20.9 Å². The van der Waals surface area contributed by atoms with Crippen molar-refractivity contribution in [2.24, 2.45) is 5.41 Å². The molecule has 1 aromatic rings. The lowest BCUT2D eigenvalue weighted by molar-refractivity contribution is -0.126. The van der Waals surface area contributed by atoms with Crippen molar-refractivity contribution in [3.8, 4) is 5.75 Å². The van der Waals surface area contributed by atoms with E-state index in [9.17, 15) is 9.59 Å². The van der Waals surface area contributed by atoms with E-state index < -0.39 is 21.7 Å². The largest absolute Gasteiger partial charge is 0.495 e. The van der Waals surface area contributed by atoms with Gasteiger partial charge in [-0.25, -0.2) is 10.2 Å². The summed E-state index contributed by atoms with van der Waals surface area (Å²) in [6.07, 6.45) is 0.337. The van der Waals surface area contributed by atoms with Gasteiger partial charge < -0.3 is 10.1 Å². The molecule has 0 bridgehead atoms. The molecule has 1 aliphatic rings. The normalized spacial score (nSPS) is 21.7. The minimum atomic E-state index is -1.09. The van der Waals surface area contributed by atoms with E-state index in [4.69, 9.17) is 27.9 Å². The Morgan fingerprint density at radius 2 is 1.91 bits per heavy atom. The minimum Gasteiger partial charge on any atom is -0.495 e. The van der Waals surface area contributed by atoms with Crippen molar-refractivity contribution >= 4 is 40.8 Å². The zero-order valence-corrected chi connectivity index (χ0v) is 13.9. The summed E-state index contributed by atoms with van der Waals surface area (Å²) in [6.45, 7) is 3.52. The Hall–Kier alpha value is -1.66. The summed E-state index contributed by atoms with van der Waals surface area (Å²) in [7, 11) is 1.50. The van der Waals surface area contributed by atoms with Crippen molar-refractivity contribution in [3.63, 3.8) is 0 Å². The highest BCUT2D eigenvalue weighted by atomic mass is 35.5. The van der Waals surface area contributed by atoms with Crippen LogP contribution in [-0.2, 0) is 4.79 Å². The summed E-state index contributed by atoms with van der Waals surface area (Å²) in [4.78, 5) is 23.8. The summed E-state index contributed by atoms with van der Waals surface area (Å²) in [6, 6.07) is 4.75. The van der Waals surface area contributed by atoms with Crippen molar-refractivity contribution in [2.75, 3.05) is 12.4 Å². The first kappa shape index (κ1) is 16.7. The van der Waals surface area contributed by atoms with Crippen LogP contribution in [0.2, 0.25) is 0 Å². The number of urea groups is 1. The Kier molecular flexibility index (Phi) is 4.44. The maximum Gasteiger partial charge on any atom is 0.338 e. The van der Waals surface area contributed by atoms with Gasteiger partial charge in [0, 0.05) is 0 Å². The topological polar surface area (TPSA) is 79.5 Å².